The first-order valence-corrected chi connectivity index (χ1v) is 5.15. The van der Waals surface area contributed by atoms with Gasteiger partial charge in [-0.25, -0.2) is 0 Å². The molecule has 1 amide bonds. The van der Waals surface area contributed by atoms with Gasteiger partial charge in [0.2, 0.25) is 5.91 Å². The van der Waals surface area contributed by atoms with Gasteiger partial charge in [0, 0.05) is 19.5 Å². The highest BCUT2D eigenvalue weighted by Crippen LogP contribution is 2.09. The molecular weight excluding hydrogens is 210 g/mol. The van der Waals surface area contributed by atoms with Crippen LogP contribution >= 0.6 is 0 Å². The van der Waals surface area contributed by atoms with Crippen LogP contribution in [0.15, 0.2) is 0 Å². The van der Waals surface area contributed by atoms with Gasteiger partial charge in [-0.2, -0.15) is 0 Å². The van der Waals surface area contributed by atoms with Crippen molar-refractivity contribution in [2.75, 3.05) is 14.2 Å². The Morgan fingerprint density at radius 1 is 1.25 bits per heavy atom. The van der Waals surface area contributed by atoms with E-state index in [1.165, 1.54) is 25.9 Å². The van der Waals surface area contributed by atoms with Gasteiger partial charge in [0.1, 0.15) is 11.7 Å². The van der Waals surface area contributed by atoms with Gasteiger partial charge in [-0.05, 0) is 20.8 Å². The number of Topliss-reactive ketones (excluding diaryl/α,β-unsaturated/α-hetero) is 1. The number of nitrogens with zero attached hydrogens (tertiary/aromatic N) is 1. The van der Waals surface area contributed by atoms with E-state index in [2.05, 4.69) is 4.74 Å². The van der Waals surface area contributed by atoms with Crippen molar-refractivity contribution in [1.29, 1.82) is 0 Å². The molecule has 0 heterocycles. The van der Waals surface area contributed by atoms with Crippen LogP contribution in [0.25, 0.3) is 0 Å². The van der Waals surface area contributed by atoms with Crippen molar-refractivity contribution in [2.24, 2.45) is 5.92 Å². The molecule has 5 heteroatoms. The van der Waals surface area contributed by atoms with Gasteiger partial charge in [-0.15, -0.1) is 0 Å². The van der Waals surface area contributed by atoms with Crippen LogP contribution in [0.2, 0.25) is 0 Å². The second-order valence-corrected chi connectivity index (χ2v) is 3.95. The molecule has 0 aliphatic rings. The molecule has 5 nitrogen and oxygen atoms in total. The summed E-state index contributed by atoms with van der Waals surface area (Å²) in [7, 11) is 2.82. The molecule has 92 valence electrons. The van der Waals surface area contributed by atoms with Crippen LogP contribution in [0.3, 0.4) is 0 Å². The summed E-state index contributed by atoms with van der Waals surface area (Å²) in [6.07, 6.45) is 0.288. The summed E-state index contributed by atoms with van der Waals surface area (Å²) < 4.78 is 4.49. The van der Waals surface area contributed by atoms with E-state index in [0.717, 1.165) is 0 Å². The molecule has 2 unspecified atom stereocenters. The fourth-order valence-electron chi connectivity index (χ4n) is 1.35. The second kappa shape index (κ2) is 6.25. The number of hydrogen-bond donors (Lipinski definition) is 0. The smallest absolute Gasteiger partial charge is 0.317 e. The molecule has 0 bridgehead atoms. The molecule has 0 spiro atoms. The second-order valence-electron chi connectivity index (χ2n) is 3.95. The van der Waals surface area contributed by atoms with Crippen molar-refractivity contribution >= 4 is 17.7 Å². The molecular formula is C11H19NO4. The van der Waals surface area contributed by atoms with E-state index in [1.807, 2.05) is 0 Å². The lowest BCUT2D eigenvalue weighted by molar-refractivity contribution is -0.153. The summed E-state index contributed by atoms with van der Waals surface area (Å²) in [5.74, 6) is -1.71. The zero-order chi connectivity index (χ0) is 12.9. The average molecular weight is 229 g/mol. The number of esters is 1. The Labute approximate surface area is 95.7 Å². The van der Waals surface area contributed by atoms with E-state index >= 15 is 0 Å². The van der Waals surface area contributed by atoms with Crippen LogP contribution in [0.5, 0.6) is 0 Å². The maximum Gasteiger partial charge on any atom is 0.317 e. The van der Waals surface area contributed by atoms with Crippen LogP contribution < -0.4 is 0 Å². The van der Waals surface area contributed by atoms with Gasteiger partial charge >= 0.3 is 5.97 Å². The third kappa shape index (κ3) is 4.00. The van der Waals surface area contributed by atoms with Gasteiger partial charge in [0.15, 0.2) is 0 Å². The largest absolute Gasteiger partial charge is 0.468 e. The van der Waals surface area contributed by atoms with Crippen molar-refractivity contribution in [3.63, 3.8) is 0 Å². The first-order valence-electron chi connectivity index (χ1n) is 5.15. The normalized spacial score (nSPS) is 13.8. The van der Waals surface area contributed by atoms with Crippen molar-refractivity contribution in [2.45, 2.75) is 33.2 Å². The van der Waals surface area contributed by atoms with Crippen LogP contribution in [-0.2, 0) is 19.1 Å². The minimum atomic E-state index is -0.829. The SMILES string of the molecule is COC(=O)C(C)C(=O)N(C)C(C)CC(C)=O. The Balaban J connectivity index is 4.48. The number of amides is 1. The lowest BCUT2D eigenvalue weighted by atomic mass is 10.1. The van der Waals surface area contributed by atoms with E-state index in [0.29, 0.717) is 0 Å². The first kappa shape index (κ1) is 14.6. The molecule has 0 aromatic heterocycles. The van der Waals surface area contributed by atoms with E-state index in [-0.39, 0.29) is 24.2 Å². The maximum absolute atomic E-state index is 11.8. The summed E-state index contributed by atoms with van der Waals surface area (Å²) >= 11 is 0. The monoisotopic (exact) mass is 229 g/mol. The molecule has 0 saturated carbocycles. The predicted molar refractivity (Wildman–Crippen MR) is 58.7 cm³/mol. The number of carbonyl (C=O) groups is 3. The number of ether oxygens (including phenoxy) is 1. The van der Waals surface area contributed by atoms with Crippen LogP contribution in [0.4, 0.5) is 0 Å². The lowest BCUT2D eigenvalue weighted by Gasteiger charge is -2.26. The molecule has 0 aliphatic heterocycles. The van der Waals surface area contributed by atoms with Crippen molar-refractivity contribution in [1.82, 2.24) is 4.90 Å². The Bertz CT molecular complexity index is 288. The summed E-state index contributed by atoms with van der Waals surface area (Å²) in [5.41, 5.74) is 0. The summed E-state index contributed by atoms with van der Waals surface area (Å²) in [6.45, 7) is 4.73. The van der Waals surface area contributed by atoms with Gasteiger partial charge in [-0.3, -0.25) is 14.4 Å². The molecule has 0 fully saturated rings. The number of rotatable bonds is 5. The molecule has 0 aromatic carbocycles. The lowest BCUT2D eigenvalue weighted by Crippen LogP contribution is -2.41. The summed E-state index contributed by atoms with van der Waals surface area (Å²) in [4.78, 5) is 35.3. The summed E-state index contributed by atoms with van der Waals surface area (Å²) in [5, 5.41) is 0. The van der Waals surface area contributed by atoms with E-state index in [1.54, 1.807) is 14.0 Å². The third-order valence-corrected chi connectivity index (χ3v) is 2.52. The molecule has 0 N–H and O–H groups in total. The zero-order valence-corrected chi connectivity index (χ0v) is 10.4. The van der Waals surface area contributed by atoms with Crippen LogP contribution in [-0.4, -0.2) is 42.8 Å². The molecule has 2 atom stereocenters. The minimum absolute atomic E-state index is 0.0119. The fraction of sp³-hybridized carbons (Fsp3) is 0.727. The third-order valence-electron chi connectivity index (χ3n) is 2.52. The van der Waals surface area contributed by atoms with Crippen molar-refractivity contribution in [3.8, 4) is 0 Å². The van der Waals surface area contributed by atoms with Crippen LogP contribution in [0, 0.1) is 5.92 Å². The Morgan fingerprint density at radius 2 is 1.75 bits per heavy atom. The highest BCUT2D eigenvalue weighted by Gasteiger charge is 2.27. The number of methoxy groups -OCH3 is 1. The summed E-state index contributed by atoms with van der Waals surface area (Å²) in [6, 6.07) is -0.211. The number of hydrogen-bond acceptors (Lipinski definition) is 4. The quantitative estimate of drug-likeness (QED) is 0.512. The Hall–Kier alpha value is -1.39. The molecule has 0 aromatic rings. The molecule has 0 rings (SSSR count). The average Bonchev–Trinajstić information content (AvgIpc) is 2.23. The van der Waals surface area contributed by atoms with Crippen molar-refractivity contribution < 1.29 is 19.1 Å². The van der Waals surface area contributed by atoms with Gasteiger partial charge in [0.05, 0.1) is 7.11 Å². The van der Waals surface area contributed by atoms with Crippen molar-refractivity contribution in [3.05, 3.63) is 0 Å². The topological polar surface area (TPSA) is 63.7 Å². The maximum atomic E-state index is 11.8. The highest BCUT2D eigenvalue weighted by atomic mass is 16.5. The van der Waals surface area contributed by atoms with Gasteiger partial charge in [-0.1, -0.05) is 0 Å². The zero-order valence-electron chi connectivity index (χ0n) is 10.4. The van der Waals surface area contributed by atoms with E-state index in [4.69, 9.17) is 0 Å². The Kier molecular flexibility index (Phi) is 5.71. The Morgan fingerprint density at radius 3 is 2.12 bits per heavy atom. The molecule has 0 saturated heterocycles. The highest BCUT2D eigenvalue weighted by molar-refractivity contribution is 5.97. The standard InChI is InChI=1S/C11H19NO4/c1-7(6-8(2)13)12(4)10(14)9(3)11(15)16-5/h7,9H,6H2,1-5H3. The fourth-order valence-corrected chi connectivity index (χ4v) is 1.35. The molecule has 0 radical (unpaired) electrons. The van der Waals surface area contributed by atoms with E-state index < -0.39 is 11.9 Å². The first-order chi connectivity index (χ1) is 7.31. The van der Waals surface area contributed by atoms with Gasteiger partial charge < -0.3 is 9.64 Å². The van der Waals surface area contributed by atoms with E-state index in [9.17, 15) is 14.4 Å². The molecule has 16 heavy (non-hydrogen) atoms. The molecule has 0 aliphatic carbocycles. The number of carbonyl (C=O) groups excluding carboxylic acids is 3. The number of ketones is 1. The predicted octanol–water partition coefficient (Wildman–Crippen LogP) is 0.621. The van der Waals surface area contributed by atoms with Gasteiger partial charge in [0.25, 0.3) is 0 Å². The van der Waals surface area contributed by atoms with Crippen LogP contribution in [0.1, 0.15) is 27.2 Å². The minimum Gasteiger partial charge on any atom is -0.468 e.